The highest BCUT2D eigenvalue weighted by Crippen LogP contribution is 2.31. The number of hydrazone groups is 1. The first-order valence-corrected chi connectivity index (χ1v) is 7.58. The smallest absolute Gasteiger partial charge is 0.280 e. The number of carbonyl (C=O) groups excluding carboxylic acids is 1. The molecule has 1 atom stereocenters. The molecule has 1 N–H and O–H groups in total. The molecule has 0 saturated heterocycles. The first kappa shape index (κ1) is 15.9. The standard InChI is InChI=1S/C18H18N2O4/c1-12-4-3-5-15(8-12)24-13(2)18(21)20-19-10-14-6-7-16-17(9-14)23-11-22-16/h3-10,13H,11H2,1-2H3,(H,20,21). The minimum atomic E-state index is -0.652. The lowest BCUT2D eigenvalue weighted by Gasteiger charge is -2.13. The van der Waals surface area contributed by atoms with Crippen molar-refractivity contribution in [2.75, 3.05) is 6.79 Å². The van der Waals surface area contributed by atoms with E-state index in [1.807, 2.05) is 37.3 Å². The van der Waals surface area contributed by atoms with E-state index in [2.05, 4.69) is 10.5 Å². The van der Waals surface area contributed by atoms with Crippen LogP contribution in [0.5, 0.6) is 17.2 Å². The zero-order chi connectivity index (χ0) is 16.9. The summed E-state index contributed by atoms with van der Waals surface area (Å²) < 4.78 is 16.1. The second kappa shape index (κ2) is 7.04. The highest BCUT2D eigenvalue weighted by molar-refractivity contribution is 5.85. The van der Waals surface area contributed by atoms with E-state index < -0.39 is 6.10 Å². The molecule has 1 unspecified atom stereocenters. The third-order valence-electron chi connectivity index (χ3n) is 3.46. The van der Waals surface area contributed by atoms with Gasteiger partial charge in [-0.15, -0.1) is 0 Å². The Balaban J connectivity index is 1.54. The first-order chi connectivity index (χ1) is 11.6. The van der Waals surface area contributed by atoms with Crippen LogP contribution in [0, 0.1) is 6.92 Å². The minimum absolute atomic E-state index is 0.223. The number of benzene rings is 2. The largest absolute Gasteiger partial charge is 0.481 e. The van der Waals surface area contributed by atoms with Gasteiger partial charge in [0, 0.05) is 0 Å². The van der Waals surface area contributed by atoms with Crippen molar-refractivity contribution in [3.63, 3.8) is 0 Å². The molecule has 1 aliphatic rings. The zero-order valence-electron chi connectivity index (χ0n) is 13.5. The van der Waals surface area contributed by atoms with Crippen molar-refractivity contribution in [2.45, 2.75) is 20.0 Å². The summed E-state index contributed by atoms with van der Waals surface area (Å²) in [5, 5.41) is 3.95. The van der Waals surface area contributed by atoms with Crippen molar-refractivity contribution in [1.29, 1.82) is 0 Å². The number of ether oxygens (including phenoxy) is 3. The van der Waals surface area contributed by atoms with E-state index in [1.54, 1.807) is 25.3 Å². The third kappa shape index (κ3) is 3.84. The molecule has 1 heterocycles. The van der Waals surface area contributed by atoms with Gasteiger partial charge >= 0.3 is 0 Å². The van der Waals surface area contributed by atoms with Gasteiger partial charge < -0.3 is 14.2 Å². The van der Waals surface area contributed by atoms with Gasteiger partial charge in [-0.05, 0) is 55.3 Å². The maximum atomic E-state index is 12.0. The van der Waals surface area contributed by atoms with Gasteiger partial charge in [-0.3, -0.25) is 4.79 Å². The lowest BCUT2D eigenvalue weighted by atomic mass is 10.2. The van der Waals surface area contributed by atoms with Crippen molar-refractivity contribution >= 4 is 12.1 Å². The maximum Gasteiger partial charge on any atom is 0.280 e. The van der Waals surface area contributed by atoms with Crippen LogP contribution in [0.4, 0.5) is 0 Å². The van der Waals surface area contributed by atoms with Crippen molar-refractivity contribution in [1.82, 2.24) is 5.43 Å². The average molecular weight is 326 g/mol. The summed E-state index contributed by atoms with van der Waals surface area (Å²) in [6.45, 7) is 3.86. The molecule has 24 heavy (non-hydrogen) atoms. The van der Waals surface area contributed by atoms with Crippen LogP contribution in [-0.4, -0.2) is 25.0 Å². The second-order valence-corrected chi connectivity index (χ2v) is 5.42. The molecule has 6 nitrogen and oxygen atoms in total. The van der Waals surface area contributed by atoms with Crippen molar-refractivity contribution in [3.8, 4) is 17.2 Å². The van der Waals surface area contributed by atoms with E-state index in [0.29, 0.717) is 17.2 Å². The summed E-state index contributed by atoms with van der Waals surface area (Å²) in [5.74, 6) is 1.70. The van der Waals surface area contributed by atoms with Crippen LogP contribution < -0.4 is 19.6 Å². The molecule has 3 rings (SSSR count). The Morgan fingerprint density at radius 2 is 2.08 bits per heavy atom. The fourth-order valence-electron chi connectivity index (χ4n) is 2.20. The lowest BCUT2D eigenvalue weighted by Crippen LogP contribution is -2.33. The number of carbonyl (C=O) groups is 1. The number of nitrogens with one attached hydrogen (secondary N) is 1. The Labute approximate surface area is 140 Å². The van der Waals surface area contributed by atoms with Gasteiger partial charge in [0.1, 0.15) is 5.75 Å². The minimum Gasteiger partial charge on any atom is -0.481 e. The Kier molecular flexibility index (Phi) is 4.65. The van der Waals surface area contributed by atoms with Crippen LogP contribution in [0.1, 0.15) is 18.1 Å². The topological polar surface area (TPSA) is 69.2 Å². The van der Waals surface area contributed by atoms with Crippen LogP contribution in [0.3, 0.4) is 0 Å². The third-order valence-corrected chi connectivity index (χ3v) is 3.46. The molecule has 1 aliphatic heterocycles. The van der Waals surface area contributed by atoms with Gasteiger partial charge in [0.25, 0.3) is 5.91 Å². The highest BCUT2D eigenvalue weighted by atomic mass is 16.7. The van der Waals surface area contributed by atoms with E-state index >= 15 is 0 Å². The van der Waals surface area contributed by atoms with Crippen LogP contribution in [0.15, 0.2) is 47.6 Å². The zero-order valence-corrected chi connectivity index (χ0v) is 13.5. The van der Waals surface area contributed by atoms with E-state index in [-0.39, 0.29) is 12.7 Å². The fourth-order valence-corrected chi connectivity index (χ4v) is 2.20. The Morgan fingerprint density at radius 1 is 1.25 bits per heavy atom. The van der Waals surface area contributed by atoms with Crippen LogP contribution >= 0.6 is 0 Å². The summed E-state index contributed by atoms with van der Waals surface area (Å²) in [6.07, 6.45) is 0.889. The first-order valence-electron chi connectivity index (χ1n) is 7.58. The molecule has 0 aliphatic carbocycles. The van der Waals surface area contributed by atoms with E-state index in [4.69, 9.17) is 14.2 Å². The number of nitrogens with zero attached hydrogens (tertiary/aromatic N) is 1. The molecule has 6 heteroatoms. The summed E-state index contributed by atoms with van der Waals surface area (Å²) in [4.78, 5) is 12.0. The molecular formula is C18H18N2O4. The molecule has 0 radical (unpaired) electrons. The molecule has 0 spiro atoms. The number of hydrogen-bond donors (Lipinski definition) is 1. The number of amides is 1. The van der Waals surface area contributed by atoms with Crippen LogP contribution in [0.2, 0.25) is 0 Å². The fraction of sp³-hybridized carbons (Fsp3) is 0.222. The predicted molar refractivity (Wildman–Crippen MR) is 89.6 cm³/mol. The van der Waals surface area contributed by atoms with Gasteiger partial charge in [0.2, 0.25) is 6.79 Å². The molecule has 2 aromatic rings. The quantitative estimate of drug-likeness (QED) is 0.677. The Bertz CT molecular complexity index is 773. The van der Waals surface area contributed by atoms with Gasteiger partial charge in [-0.25, -0.2) is 5.43 Å². The Morgan fingerprint density at radius 3 is 2.92 bits per heavy atom. The van der Waals surface area contributed by atoms with Crippen molar-refractivity contribution < 1.29 is 19.0 Å². The van der Waals surface area contributed by atoms with Crippen LogP contribution in [0.25, 0.3) is 0 Å². The summed E-state index contributed by atoms with van der Waals surface area (Å²) in [6, 6.07) is 13.0. The lowest BCUT2D eigenvalue weighted by molar-refractivity contribution is -0.127. The molecule has 0 bridgehead atoms. The molecule has 0 aromatic heterocycles. The number of aryl methyl sites for hydroxylation is 1. The van der Waals surface area contributed by atoms with E-state index in [0.717, 1.165) is 11.1 Å². The molecule has 2 aromatic carbocycles. The predicted octanol–water partition coefficient (Wildman–Crippen LogP) is 2.64. The van der Waals surface area contributed by atoms with Crippen molar-refractivity contribution in [3.05, 3.63) is 53.6 Å². The van der Waals surface area contributed by atoms with Gasteiger partial charge in [-0.2, -0.15) is 5.10 Å². The SMILES string of the molecule is Cc1cccc(OC(C)C(=O)NN=Cc2ccc3c(c2)OCO3)c1. The average Bonchev–Trinajstić information content (AvgIpc) is 3.02. The summed E-state index contributed by atoms with van der Waals surface area (Å²) >= 11 is 0. The van der Waals surface area contributed by atoms with Crippen LogP contribution in [-0.2, 0) is 4.79 Å². The summed E-state index contributed by atoms with van der Waals surface area (Å²) in [7, 11) is 0. The molecule has 0 fully saturated rings. The van der Waals surface area contributed by atoms with Gasteiger partial charge in [0.15, 0.2) is 17.6 Å². The van der Waals surface area contributed by atoms with Crippen molar-refractivity contribution in [2.24, 2.45) is 5.10 Å². The summed E-state index contributed by atoms with van der Waals surface area (Å²) in [5.41, 5.74) is 4.34. The molecular weight excluding hydrogens is 308 g/mol. The molecule has 0 saturated carbocycles. The Hall–Kier alpha value is -3.02. The van der Waals surface area contributed by atoms with E-state index in [9.17, 15) is 4.79 Å². The van der Waals surface area contributed by atoms with E-state index in [1.165, 1.54) is 0 Å². The van der Waals surface area contributed by atoms with Gasteiger partial charge in [0.05, 0.1) is 6.21 Å². The number of rotatable bonds is 5. The number of hydrogen-bond acceptors (Lipinski definition) is 5. The van der Waals surface area contributed by atoms with Gasteiger partial charge in [-0.1, -0.05) is 12.1 Å². The highest BCUT2D eigenvalue weighted by Gasteiger charge is 2.14. The number of fused-ring (bicyclic) bond motifs is 1. The monoisotopic (exact) mass is 326 g/mol. The molecule has 124 valence electrons. The normalized spacial score (nSPS) is 13.8. The second-order valence-electron chi connectivity index (χ2n) is 5.42. The maximum absolute atomic E-state index is 12.0. The molecule has 1 amide bonds.